The molecule has 0 spiro atoms. The van der Waals surface area contributed by atoms with E-state index >= 15 is 0 Å². The largest absolute Gasteiger partial charge is 0.497 e. The Labute approximate surface area is 129 Å². The van der Waals surface area contributed by atoms with Crippen molar-refractivity contribution in [3.63, 3.8) is 0 Å². The smallest absolute Gasteiger partial charge is 0.335 e. The van der Waals surface area contributed by atoms with Gasteiger partial charge < -0.3 is 19.8 Å². The molecule has 0 aliphatic carbocycles. The van der Waals surface area contributed by atoms with Crippen LogP contribution in [0.5, 0.6) is 5.75 Å². The van der Waals surface area contributed by atoms with Crippen molar-refractivity contribution in [2.75, 3.05) is 20.2 Å². The molecule has 1 amide bonds. The van der Waals surface area contributed by atoms with Crippen molar-refractivity contribution < 1.29 is 24.5 Å². The van der Waals surface area contributed by atoms with Gasteiger partial charge in [-0.15, -0.1) is 0 Å². The Morgan fingerprint density at radius 3 is 2.32 bits per heavy atom. The van der Waals surface area contributed by atoms with Gasteiger partial charge in [-0.05, 0) is 24.1 Å². The predicted octanol–water partition coefficient (Wildman–Crippen LogP) is 1.07. The van der Waals surface area contributed by atoms with E-state index in [0.717, 1.165) is 11.3 Å². The Hall–Kier alpha value is -2.08. The Morgan fingerprint density at radius 1 is 1.23 bits per heavy atom. The molecule has 1 aliphatic rings. The second-order valence-electron chi connectivity index (χ2n) is 5.57. The van der Waals surface area contributed by atoms with Crippen LogP contribution in [0.4, 0.5) is 0 Å². The van der Waals surface area contributed by atoms with Gasteiger partial charge in [0.2, 0.25) is 5.91 Å². The van der Waals surface area contributed by atoms with Crippen molar-refractivity contribution in [2.24, 2.45) is 0 Å². The topological polar surface area (TPSA) is 87.1 Å². The molecule has 0 unspecified atom stereocenters. The zero-order valence-corrected chi connectivity index (χ0v) is 12.6. The van der Waals surface area contributed by atoms with E-state index in [1.54, 1.807) is 12.0 Å². The lowest BCUT2D eigenvalue weighted by atomic mass is 9.91. The third-order valence-electron chi connectivity index (χ3n) is 4.13. The molecule has 120 valence electrons. The average Bonchev–Trinajstić information content (AvgIpc) is 2.53. The van der Waals surface area contributed by atoms with E-state index in [0.29, 0.717) is 12.8 Å². The van der Waals surface area contributed by atoms with Gasteiger partial charge in [0, 0.05) is 32.4 Å². The van der Waals surface area contributed by atoms with Crippen LogP contribution in [0.2, 0.25) is 0 Å². The van der Waals surface area contributed by atoms with Crippen molar-refractivity contribution in [3.05, 3.63) is 29.8 Å². The number of amides is 1. The molecule has 1 aromatic rings. The summed E-state index contributed by atoms with van der Waals surface area (Å²) in [6.07, 6.45) is 1.16. The normalized spacial score (nSPS) is 17.1. The molecule has 0 atom stereocenters. The summed E-state index contributed by atoms with van der Waals surface area (Å²) >= 11 is 0. The number of carboxylic acids is 1. The molecule has 0 bridgehead atoms. The van der Waals surface area contributed by atoms with Crippen LogP contribution in [0.15, 0.2) is 24.3 Å². The van der Waals surface area contributed by atoms with E-state index < -0.39 is 11.6 Å². The van der Waals surface area contributed by atoms with Crippen molar-refractivity contribution in [1.29, 1.82) is 0 Å². The van der Waals surface area contributed by atoms with Crippen LogP contribution in [0.3, 0.4) is 0 Å². The lowest BCUT2D eigenvalue weighted by Crippen LogP contribution is -2.50. The highest BCUT2D eigenvalue weighted by Crippen LogP contribution is 2.23. The number of methoxy groups -OCH3 is 1. The van der Waals surface area contributed by atoms with Gasteiger partial charge >= 0.3 is 5.97 Å². The lowest BCUT2D eigenvalue weighted by Gasteiger charge is -2.35. The van der Waals surface area contributed by atoms with Gasteiger partial charge in [0.1, 0.15) is 5.75 Å². The molecule has 1 fully saturated rings. The summed E-state index contributed by atoms with van der Waals surface area (Å²) in [5, 5.41) is 18.8. The van der Waals surface area contributed by atoms with Gasteiger partial charge in [-0.2, -0.15) is 0 Å². The maximum absolute atomic E-state index is 12.1. The maximum Gasteiger partial charge on any atom is 0.335 e. The molecule has 0 aromatic heterocycles. The molecule has 0 radical (unpaired) electrons. The first kappa shape index (κ1) is 16.3. The molecule has 1 heterocycles. The van der Waals surface area contributed by atoms with Crippen LogP contribution in [0, 0.1) is 0 Å². The number of piperidine rings is 1. The third-order valence-corrected chi connectivity index (χ3v) is 4.13. The summed E-state index contributed by atoms with van der Waals surface area (Å²) in [7, 11) is 1.60. The van der Waals surface area contributed by atoms with Gasteiger partial charge in [-0.3, -0.25) is 4.79 Å². The Kier molecular flexibility index (Phi) is 5.03. The number of aryl methyl sites for hydroxylation is 1. The number of hydrogen-bond donors (Lipinski definition) is 2. The summed E-state index contributed by atoms with van der Waals surface area (Å²) in [5.74, 6) is -0.444. The minimum Gasteiger partial charge on any atom is -0.497 e. The van der Waals surface area contributed by atoms with Crippen LogP contribution >= 0.6 is 0 Å². The first-order valence-electron chi connectivity index (χ1n) is 7.31. The first-order valence-corrected chi connectivity index (χ1v) is 7.31. The number of hydrogen-bond acceptors (Lipinski definition) is 4. The minimum absolute atomic E-state index is 0.0109. The summed E-state index contributed by atoms with van der Waals surface area (Å²) < 4.78 is 5.08. The second kappa shape index (κ2) is 6.79. The van der Waals surface area contributed by atoms with Crippen molar-refractivity contribution >= 4 is 11.9 Å². The van der Waals surface area contributed by atoms with Crippen LogP contribution in [0.25, 0.3) is 0 Å². The van der Waals surface area contributed by atoms with Gasteiger partial charge in [0.15, 0.2) is 5.60 Å². The number of nitrogens with zero attached hydrogens (tertiary/aromatic N) is 1. The third kappa shape index (κ3) is 3.76. The van der Waals surface area contributed by atoms with E-state index in [1.165, 1.54) is 0 Å². The molecule has 6 heteroatoms. The molecule has 2 rings (SSSR count). The molecule has 0 saturated carbocycles. The van der Waals surface area contributed by atoms with Crippen LogP contribution in [0.1, 0.15) is 24.8 Å². The van der Waals surface area contributed by atoms with E-state index in [9.17, 15) is 14.7 Å². The number of ether oxygens (including phenoxy) is 1. The van der Waals surface area contributed by atoms with Gasteiger partial charge in [0.25, 0.3) is 0 Å². The lowest BCUT2D eigenvalue weighted by molar-refractivity contribution is -0.165. The summed E-state index contributed by atoms with van der Waals surface area (Å²) in [6, 6.07) is 7.55. The molecular formula is C16H21NO5. The highest BCUT2D eigenvalue weighted by Gasteiger charge is 2.40. The zero-order chi connectivity index (χ0) is 16.2. The Balaban J connectivity index is 1.82. The summed E-state index contributed by atoms with van der Waals surface area (Å²) in [6.45, 7) is 0.564. The van der Waals surface area contributed by atoms with Crippen LogP contribution < -0.4 is 4.74 Å². The monoisotopic (exact) mass is 307 g/mol. The molecular weight excluding hydrogens is 286 g/mol. The molecule has 1 aromatic carbocycles. The first-order chi connectivity index (χ1) is 10.4. The van der Waals surface area contributed by atoms with E-state index in [-0.39, 0.29) is 31.8 Å². The van der Waals surface area contributed by atoms with Gasteiger partial charge in [-0.1, -0.05) is 12.1 Å². The SMILES string of the molecule is COc1ccc(CCC(=O)N2CCC(O)(C(=O)O)CC2)cc1. The molecule has 1 saturated heterocycles. The summed E-state index contributed by atoms with van der Waals surface area (Å²) in [5.41, 5.74) is -0.638. The number of aliphatic carboxylic acids is 1. The van der Waals surface area contributed by atoms with Crippen LogP contribution in [-0.2, 0) is 16.0 Å². The van der Waals surface area contributed by atoms with Gasteiger partial charge in [-0.25, -0.2) is 4.79 Å². The summed E-state index contributed by atoms with van der Waals surface area (Å²) in [4.78, 5) is 24.7. The number of rotatable bonds is 5. The maximum atomic E-state index is 12.1. The fourth-order valence-electron chi connectivity index (χ4n) is 2.54. The minimum atomic E-state index is -1.69. The van der Waals surface area contributed by atoms with Gasteiger partial charge in [0.05, 0.1) is 7.11 Å². The van der Waals surface area contributed by atoms with Crippen LogP contribution in [-0.4, -0.2) is 52.8 Å². The number of benzene rings is 1. The second-order valence-corrected chi connectivity index (χ2v) is 5.57. The standard InChI is InChI=1S/C16H21NO5/c1-22-13-5-2-12(3-6-13)4-7-14(18)17-10-8-16(21,9-11-17)15(19)20/h2-3,5-6,21H,4,7-11H2,1H3,(H,19,20). The fraction of sp³-hybridized carbons (Fsp3) is 0.500. The fourth-order valence-corrected chi connectivity index (χ4v) is 2.54. The molecule has 1 aliphatic heterocycles. The Bertz CT molecular complexity index is 532. The molecule has 2 N–H and O–H groups in total. The number of carboxylic acid groups (broad SMARTS) is 1. The molecule has 22 heavy (non-hydrogen) atoms. The number of aliphatic hydroxyl groups is 1. The Morgan fingerprint density at radius 2 is 1.82 bits per heavy atom. The van der Waals surface area contributed by atoms with Crippen molar-refractivity contribution in [3.8, 4) is 5.75 Å². The average molecular weight is 307 g/mol. The zero-order valence-electron chi connectivity index (χ0n) is 12.6. The highest BCUT2D eigenvalue weighted by atomic mass is 16.5. The number of carbonyl (C=O) groups is 2. The number of carbonyl (C=O) groups excluding carboxylic acids is 1. The van der Waals surface area contributed by atoms with Crippen molar-refractivity contribution in [2.45, 2.75) is 31.3 Å². The molecule has 6 nitrogen and oxygen atoms in total. The predicted molar refractivity (Wildman–Crippen MR) is 79.7 cm³/mol. The van der Waals surface area contributed by atoms with Crippen molar-refractivity contribution in [1.82, 2.24) is 4.90 Å². The van der Waals surface area contributed by atoms with E-state index in [1.807, 2.05) is 24.3 Å². The van der Waals surface area contributed by atoms with E-state index in [2.05, 4.69) is 0 Å². The quantitative estimate of drug-likeness (QED) is 0.849. The highest BCUT2D eigenvalue weighted by molar-refractivity contribution is 5.79. The number of likely N-dealkylation sites (tertiary alicyclic amines) is 1. The van der Waals surface area contributed by atoms with E-state index in [4.69, 9.17) is 9.84 Å².